The molecule has 108 valence electrons. The molecule has 1 unspecified atom stereocenters. The Balaban J connectivity index is 2.20. The van der Waals surface area contributed by atoms with Gasteiger partial charge in [-0.15, -0.1) is 0 Å². The lowest BCUT2D eigenvalue weighted by atomic mass is 9.96. The molecule has 1 atom stereocenters. The standard InChI is InChI=1S/C16H22N2O2/c1-5-16(4)14(19)17-15(20)18(16)10-12-6-8-13(9-7-12)11(2)3/h6-9,11H,5,10H2,1-4H3,(H,17,19,20). The quantitative estimate of drug-likeness (QED) is 0.858. The van der Waals surface area contributed by atoms with E-state index in [1.54, 1.807) is 4.90 Å². The Morgan fingerprint density at radius 2 is 1.80 bits per heavy atom. The lowest BCUT2D eigenvalue weighted by Gasteiger charge is -2.30. The van der Waals surface area contributed by atoms with Crippen LogP contribution < -0.4 is 5.32 Å². The van der Waals surface area contributed by atoms with Gasteiger partial charge < -0.3 is 4.90 Å². The molecule has 0 aromatic heterocycles. The first kappa shape index (κ1) is 14.6. The number of nitrogens with zero attached hydrogens (tertiary/aromatic N) is 1. The van der Waals surface area contributed by atoms with E-state index in [4.69, 9.17) is 0 Å². The fourth-order valence-corrected chi connectivity index (χ4v) is 2.43. The van der Waals surface area contributed by atoms with Crippen molar-refractivity contribution >= 4 is 11.9 Å². The predicted molar refractivity (Wildman–Crippen MR) is 78.3 cm³/mol. The van der Waals surface area contributed by atoms with Crippen LogP contribution in [0.15, 0.2) is 24.3 Å². The minimum Gasteiger partial charge on any atom is -0.306 e. The van der Waals surface area contributed by atoms with Crippen LogP contribution in [0, 0.1) is 0 Å². The molecule has 0 radical (unpaired) electrons. The molecule has 1 fully saturated rings. The summed E-state index contributed by atoms with van der Waals surface area (Å²) in [6, 6.07) is 7.92. The molecule has 0 aliphatic carbocycles. The average Bonchev–Trinajstić information content (AvgIpc) is 2.63. The molecular weight excluding hydrogens is 252 g/mol. The van der Waals surface area contributed by atoms with Gasteiger partial charge in [0.05, 0.1) is 0 Å². The number of nitrogens with one attached hydrogen (secondary N) is 1. The van der Waals surface area contributed by atoms with E-state index >= 15 is 0 Å². The largest absolute Gasteiger partial charge is 0.325 e. The Morgan fingerprint density at radius 3 is 2.30 bits per heavy atom. The first-order valence-corrected chi connectivity index (χ1v) is 7.10. The lowest BCUT2D eigenvalue weighted by molar-refractivity contribution is -0.126. The summed E-state index contributed by atoms with van der Waals surface area (Å²) < 4.78 is 0. The summed E-state index contributed by atoms with van der Waals surface area (Å²) >= 11 is 0. The van der Waals surface area contributed by atoms with Crippen molar-refractivity contribution in [3.63, 3.8) is 0 Å². The Kier molecular flexibility index (Phi) is 3.84. The minimum absolute atomic E-state index is 0.205. The number of hydrogen-bond donors (Lipinski definition) is 1. The van der Waals surface area contributed by atoms with Crippen LogP contribution in [-0.2, 0) is 11.3 Å². The maximum atomic E-state index is 11.9. The van der Waals surface area contributed by atoms with Crippen molar-refractivity contribution in [3.8, 4) is 0 Å². The Bertz CT molecular complexity index is 522. The van der Waals surface area contributed by atoms with Gasteiger partial charge in [0.15, 0.2) is 0 Å². The zero-order chi connectivity index (χ0) is 14.9. The second-order valence-corrected chi connectivity index (χ2v) is 5.87. The second kappa shape index (κ2) is 5.27. The highest BCUT2D eigenvalue weighted by Gasteiger charge is 2.47. The predicted octanol–water partition coefficient (Wildman–Crippen LogP) is 3.03. The average molecular weight is 274 g/mol. The zero-order valence-electron chi connectivity index (χ0n) is 12.6. The highest BCUT2D eigenvalue weighted by molar-refractivity contribution is 6.06. The maximum absolute atomic E-state index is 11.9. The normalized spacial score (nSPS) is 22.6. The summed E-state index contributed by atoms with van der Waals surface area (Å²) in [5, 5.41) is 2.41. The van der Waals surface area contributed by atoms with Crippen LogP contribution in [0.2, 0.25) is 0 Å². The molecule has 1 aliphatic heterocycles. The van der Waals surface area contributed by atoms with Crippen LogP contribution >= 0.6 is 0 Å². The zero-order valence-corrected chi connectivity index (χ0v) is 12.6. The topological polar surface area (TPSA) is 49.4 Å². The van der Waals surface area contributed by atoms with Crippen LogP contribution in [0.1, 0.15) is 51.2 Å². The van der Waals surface area contributed by atoms with Crippen LogP contribution in [0.4, 0.5) is 4.79 Å². The Hall–Kier alpha value is -1.84. The number of benzene rings is 1. The number of hydrogen-bond acceptors (Lipinski definition) is 2. The van der Waals surface area contributed by atoms with Crippen molar-refractivity contribution in [2.24, 2.45) is 0 Å². The highest BCUT2D eigenvalue weighted by Crippen LogP contribution is 2.27. The first-order valence-electron chi connectivity index (χ1n) is 7.10. The third-order valence-corrected chi connectivity index (χ3v) is 4.23. The van der Waals surface area contributed by atoms with Gasteiger partial charge in [0, 0.05) is 6.54 Å². The van der Waals surface area contributed by atoms with Gasteiger partial charge in [-0.25, -0.2) is 4.79 Å². The van der Waals surface area contributed by atoms with Gasteiger partial charge in [-0.1, -0.05) is 45.0 Å². The van der Waals surface area contributed by atoms with Crippen LogP contribution in [0.25, 0.3) is 0 Å². The third kappa shape index (κ3) is 2.42. The van der Waals surface area contributed by atoms with Crippen molar-refractivity contribution in [3.05, 3.63) is 35.4 Å². The molecule has 0 saturated carbocycles. The lowest BCUT2D eigenvalue weighted by Crippen LogP contribution is -2.45. The van der Waals surface area contributed by atoms with E-state index in [9.17, 15) is 9.59 Å². The summed E-state index contributed by atoms with van der Waals surface area (Å²) in [4.78, 5) is 25.5. The van der Waals surface area contributed by atoms with Crippen LogP contribution in [0.3, 0.4) is 0 Å². The molecule has 1 aromatic rings. The van der Waals surface area contributed by atoms with Crippen molar-refractivity contribution in [2.45, 2.75) is 52.1 Å². The highest BCUT2D eigenvalue weighted by atomic mass is 16.2. The van der Waals surface area contributed by atoms with Gasteiger partial charge in [-0.05, 0) is 30.4 Å². The minimum atomic E-state index is -0.742. The molecule has 1 N–H and O–H groups in total. The fourth-order valence-electron chi connectivity index (χ4n) is 2.43. The second-order valence-electron chi connectivity index (χ2n) is 5.87. The fraction of sp³-hybridized carbons (Fsp3) is 0.500. The van der Waals surface area contributed by atoms with E-state index in [2.05, 4.69) is 31.3 Å². The summed E-state index contributed by atoms with van der Waals surface area (Å²) in [7, 11) is 0. The molecule has 4 heteroatoms. The van der Waals surface area contributed by atoms with E-state index in [-0.39, 0.29) is 11.9 Å². The summed E-state index contributed by atoms with van der Waals surface area (Å²) in [6.45, 7) is 8.49. The molecule has 0 spiro atoms. The number of amides is 3. The molecule has 1 aliphatic rings. The van der Waals surface area contributed by atoms with Gasteiger partial charge >= 0.3 is 6.03 Å². The molecule has 1 aromatic carbocycles. The van der Waals surface area contributed by atoms with Gasteiger partial charge in [0.25, 0.3) is 5.91 Å². The van der Waals surface area contributed by atoms with E-state index < -0.39 is 5.54 Å². The Morgan fingerprint density at radius 1 is 1.20 bits per heavy atom. The molecule has 20 heavy (non-hydrogen) atoms. The Labute approximate surface area is 120 Å². The molecule has 3 amide bonds. The summed E-state index contributed by atoms with van der Waals surface area (Å²) in [5.41, 5.74) is 1.57. The van der Waals surface area contributed by atoms with E-state index in [0.717, 1.165) is 5.56 Å². The summed E-state index contributed by atoms with van der Waals surface area (Å²) in [6.07, 6.45) is 0.606. The van der Waals surface area contributed by atoms with E-state index in [1.807, 2.05) is 26.0 Å². The molecule has 2 rings (SSSR count). The van der Waals surface area contributed by atoms with E-state index in [1.165, 1.54) is 5.56 Å². The van der Waals surface area contributed by atoms with Crippen LogP contribution in [-0.4, -0.2) is 22.4 Å². The van der Waals surface area contributed by atoms with Crippen LogP contribution in [0.5, 0.6) is 0 Å². The van der Waals surface area contributed by atoms with Gasteiger partial charge in [0.2, 0.25) is 0 Å². The number of urea groups is 1. The molecule has 4 nitrogen and oxygen atoms in total. The van der Waals surface area contributed by atoms with E-state index in [0.29, 0.717) is 18.9 Å². The SMILES string of the molecule is CCC1(C)C(=O)NC(=O)N1Cc1ccc(C(C)C)cc1. The van der Waals surface area contributed by atoms with Crippen molar-refractivity contribution in [1.29, 1.82) is 0 Å². The molecule has 1 heterocycles. The smallest absolute Gasteiger partial charge is 0.306 e. The van der Waals surface area contributed by atoms with Gasteiger partial charge in [-0.3, -0.25) is 10.1 Å². The molecular formula is C16H22N2O2. The maximum Gasteiger partial charge on any atom is 0.325 e. The summed E-state index contributed by atoms with van der Waals surface area (Å²) in [5.74, 6) is 0.283. The number of carbonyl (C=O) groups is 2. The van der Waals surface area contributed by atoms with Gasteiger partial charge in [-0.2, -0.15) is 0 Å². The first-order chi connectivity index (χ1) is 9.38. The molecule has 1 saturated heterocycles. The van der Waals surface area contributed by atoms with Crippen molar-refractivity contribution in [2.75, 3.05) is 0 Å². The number of rotatable bonds is 4. The monoisotopic (exact) mass is 274 g/mol. The van der Waals surface area contributed by atoms with Gasteiger partial charge in [0.1, 0.15) is 5.54 Å². The third-order valence-electron chi connectivity index (χ3n) is 4.23. The number of carbonyl (C=O) groups excluding carboxylic acids is 2. The van der Waals surface area contributed by atoms with Crippen molar-refractivity contribution < 1.29 is 9.59 Å². The number of imide groups is 1. The molecule has 0 bridgehead atoms. The van der Waals surface area contributed by atoms with Crippen molar-refractivity contribution in [1.82, 2.24) is 10.2 Å².